The highest BCUT2D eigenvalue weighted by atomic mass is 19.1. The number of carboxylic acid groups (broad SMARTS) is 1. The van der Waals surface area contributed by atoms with E-state index < -0.39 is 11.8 Å². The zero-order valence-electron chi connectivity index (χ0n) is 11.0. The molecule has 0 aliphatic rings. The standard InChI is InChI=1S/C15H15FN2O2/c1-10(12-4-6-17-7-5-12)18-9-11-2-3-13(15(19)20)14(16)8-11/h2-8,10,18H,9H2,1H3,(H,19,20)/t10-/m1/s1. The fraction of sp³-hybridized carbons (Fsp3) is 0.200. The van der Waals surface area contributed by atoms with Gasteiger partial charge < -0.3 is 10.4 Å². The predicted molar refractivity (Wildman–Crippen MR) is 72.9 cm³/mol. The van der Waals surface area contributed by atoms with Crippen LogP contribution < -0.4 is 5.32 Å². The number of aromatic carboxylic acids is 1. The minimum Gasteiger partial charge on any atom is -0.478 e. The van der Waals surface area contributed by atoms with Gasteiger partial charge in [0.2, 0.25) is 0 Å². The Balaban J connectivity index is 2.01. The fourth-order valence-electron chi connectivity index (χ4n) is 1.88. The summed E-state index contributed by atoms with van der Waals surface area (Å²) >= 11 is 0. The van der Waals surface area contributed by atoms with Crippen molar-refractivity contribution < 1.29 is 14.3 Å². The molecule has 0 radical (unpaired) electrons. The largest absolute Gasteiger partial charge is 0.478 e. The van der Waals surface area contributed by atoms with E-state index in [0.29, 0.717) is 12.1 Å². The van der Waals surface area contributed by atoms with E-state index in [4.69, 9.17) is 5.11 Å². The van der Waals surface area contributed by atoms with Gasteiger partial charge in [0, 0.05) is 25.0 Å². The fourth-order valence-corrected chi connectivity index (χ4v) is 1.88. The van der Waals surface area contributed by atoms with Crippen LogP contribution in [0.2, 0.25) is 0 Å². The molecule has 0 aliphatic carbocycles. The van der Waals surface area contributed by atoms with Crippen LogP contribution >= 0.6 is 0 Å². The Labute approximate surface area is 116 Å². The molecule has 2 rings (SSSR count). The molecule has 0 fully saturated rings. The molecule has 0 unspecified atom stereocenters. The summed E-state index contributed by atoms with van der Waals surface area (Å²) in [6.07, 6.45) is 3.43. The molecule has 0 amide bonds. The average molecular weight is 274 g/mol. The Kier molecular flexibility index (Phi) is 4.42. The minimum absolute atomic E-state index is 0.0974. The topological polar surface area (TPSA) is 62.2 Å². The number of carbonyl (C=O) groups is 1. The SMILES string of the molecule is C[C@@H](NCc1ccc(C(=O)O)c(F)c1)c1ccncc1. The summed E-state index contributed by atoms with van der Waals surface area (Å²) in [7, 11) is 0. The first kappa shape index (κ1) is 14.1. The van der Waals surface area contributed by atoms with Crippen LogP contribution in [-0.4, -0.2) is 16.1 Å². The number of aromatic nitrogens is 1. The molecule has 2 aromatic rings. The lowest BCUT2D eigenvalue weighted by Gasteiger charge is -2.14. The highest BCUT2D eigenvalue weighted by molar-refractivity contribution is 5.87. The van der Waals surface area contributed by atoms with Crippen molar-refractivity contribution >= 4 is 5.97 Å². The van der Waals surface area contributed by atoms with Crippen molar-refractivity contribution in [3.05, 3.63) is 65.2 Å². The summed E-state index contributed by atoms with van der Waals surface area (Å²) in [6.45, 7) is 2.46. The number of pyridine rings is 1. The van der Waals surface area contributed by atoms with Crippen LogP contribution in [0.15, 0.2) is 42.7 Å². The van der Waals surface area contributed by atoms with Crippen LogP contribution in [0, 0.1) is 5.82 Å². The molecule has 1 aromatic carbocycles. The molecule has 1 heterocycles. The number of benzene rings is 1. The van der Waals surface area contributed by atoms with E-state index in [0.717, 1.165) is 5.56 Å². The van der Waals surface area contributed by atoms with Crippen molar-refractivity contribution in [1.29, 1.82) is 0 Å². The highest BCUT2D eigenvalue weighted by Gasteiger charge is 2.11. The maximum atomic E-state index is 13.5. The van der Waals surface area contributed by atoms with Crippen LogP contribution in [0.5, 0.6) is 0 Å². The number of hydrogen-bond acceptors (Lipinski definition) is 3. The lowest BCUT2D eigenvalue weighted by atomic mass is 10.1. The molecule has 104 valence electrons. The maximum Gasteiger partial charge on any atom is 0.338 e. The van der Waals surface area contributed by atoms with E-state index in [1.165, 1.54) is 12.1 Å². The molecular formula is C15H15FN2O2. The van der Waals surface area contributed by atoms with Gasteiger partial charge in [0.25, 0.3) is 0 Å². The van der Waals surface area contributed by atoms with E-state index in [1.807, 2.05) is 19.1 Å². The minimum atomic E-state index is -1.26. The molecule has 1 atom stereocenters. The Morgan fingerprint density at radius 2 is 2.05 bits per heavy atom. The van der Waals surface area contributed by atoms with Gasteiger partial charge >= 0.3 is 5.97 Å². The molecule has 4 nitrogen and oxygen atoms in total. The van der Waals surface area contributed by atoms with Crippen LogP contribution in [0.4, 0.5) is 4.39 Å². The third-order valence-electron chi connectivity index (χ3n) is 3.08. The Morgan fingerprint density at radius 3 is 2.65 bits per heavy atom. The van der Waals surface area contributed by atoms with Gasteiger partial charge in [-0.05, 0) is 42.3 Å². The lowest BCUT2D eigenvalue weighted by molar-refractivity contribution is 0.0692. The summed E-state index contributed by atoms with van der Waals surface area (Å²) in [5, 5.41) is 12.0. The maximum absolute atomic E-state index is 13.5. The molecule has 0 spiro atoms. The normalized spacial score (nSPS) is 12.1. The van der Waals surface area contributed by atoms with Crippen LogP contribution in [0.1, 0.15) is 34.5 Å². The quantitative estimate of drug-likeness (QED) is 0.880. The van der Waals surface area contributed by atoms with E-state index in [-0.39, 0.29) is 11.6 Å². The lowest BCUT2D eigenvalue weighted by Crippen LogP contribution is -2.18. The second kappa shape index (κ2) is 6.25. The van der Waals surface area contributed by atoms with Gasteiger partial charge in [-0.2, -0.15) is 0 Å². The van der Waals surface area contributed by atoms with E-state index in [2.05, 4.69) is 10.3 Å². The number of rotatable bonds is 5. The van der Waals surface area contributed by atoms with Crippen LogP contribution in [0.3, 0.4) is 0 Å². The van der Waals surface area contributed by atoms with Crippen molar-refractivity contribution in [2.24, 2.45) is 0 Å². The molecule has 20 heavy (non-hydrogen) atoms. The number of nitrogens with zero attached hydrogens (tertiary/aromatic N) is 1. The molecule has 0 bridgehead atoms. The van der Waals surface area contributed by atoms with Gasteiger partial charge in [0.1, 0.15) is 5.82 Å². The summed E-state index contributed by atoms with van der Waals surface area (Å²) in [5.74, 6) is -1.97. The predicted octanol–water partition coefficient (Wildman–Crippen LogP) is 2.77. The first-order valence-electron chi connectivity index (χ1n) is 6.23. The van der Waals surface area contributed by atoms with E-state index in [1.54, 1.807) is 18.5 Å². The van der Waals surface area contributed by atoms with Crippen molar-refractivity contribution in [2.75, 3.05) is 0 Å². The molecule has 0 aliphatic heterocycles. The molecule has 5 heteroatoms. The molecule has 0 saturated heterocycles. The highest BCUT2D eigenvalue weighted by Crippen LogP contribution is 2.14. The van der Waals surface area contributed by atoms with Crippen molar-refractivity contribution in [1.82, 2.24) is 10.3 Å². The number of carboxylic acids is 1. The second-order valence-electron chi connectivity index (χ2n) is 4.50. The molecule has 1 aromatic heterocycles. The van der Waals surface area contributed by atoms with Gasteiger partial charge in [0.15, 0.2) is 0 Å². The van der Waals surface area contributed by atoms with Gasteiger partial charge in [-0.1, -0.05) is 6.07 Å². The third-order valence-corrected chi connectivity index (χ3v) is 3.08. The number of nitrogens with one attached hydrogen (secondary N) is 1. The summed E-state index contributed by atoms with van der Waals surface area (Å²) in [6, 6.07) is 8.05. The van der Waals surface area contributed by atoms with Crippen LogP contribution in [0.25, 0.3) is 0 Å². The van der Waals surface area contributed by atoms with Gasteiger partial charge in [-0.25, -0.2) is 9.18 Å². The zero-order valence-corrected chi connectivity index (χ0v) is 11.0. The van der Waals surface area contributed by atoms with Gasteiger partial charge in [-0.3, -0.25) is 4.98 Å². The number of halogens is 1. The summed E-state index contributed by atoms with van der Waals surface area (Å²) < 4.78 is 13.5. The third kappa shape index (κ3) is 3.39. The average Bonchev–Trinajstić information content (AvgIpc) is 2.45. The number of hydrogen-bond donors (Lipinski definition) is 2. The van der Waals surface area contributed by atoms with Crippen molar-refractivity contribution in [3.8, 4) is 0 Å². The monoisotopic (exact) mass is 274 g/mol. The Morgan fingerprint density at radius 1 is 1.35 bits per heavy atom. The first-order valence-corrected chi connectivity index (χ1v) is 6.23. The second-order valence-corrected chi connectivity index (χ2v) is 4.50. The van der Waals surface area contributed by atoms with Crippen molar-refractivity contribution in [3.63, 3.8) is 0 Å². The molecule has 2 N–H and O–H groups in total. The zero-order chi connectivity index (χ0) is 14.5. The van der Waals surface area contributed by atoms with Gasteiger partial charge in [0.05, 0.1) is 5.56 Å². The Bertz CT molecular complexity index is 602. The molecule has 0 saturated carbocycles. The molecular weight excluding hydrogens is 259 g/mol. The van der Waals surface area contributed by atoms with Crippen molar-refractivity contribution in [2.45, 2.75) is 19.5 Å². The summed E-state index contributed by atoms with van der Waals surface area (Å²) in [4.78, 5) is 14.7. The first-order chi connectivity index (χ1) is 9.58. The van der Waals surface area contributed by atoms with Crippen LogP contribution in [-0.2, 0) is 6.54 Å². The smallest absolute Gasteiger partial charge is 0.338 e. The Hall–Kier alpha value is -2.27. The van der Waals surface area contributed by atoms with E-state index in [9.17, 15) is 9.18 Å². The van der Waals surface area contributed by atoms with Gasteiger partial charge in [-0.15, -0.1) is 0 Å². The van der Waals surface area contributed by atoms with E-state index >= 15 is 0 Å². The summed E-state index contributed by atoms with van der Waals surface area (Å²) in [5.41, 5.74) is 1.48.